The van der Waals surface area contributed by atoms with Crippen molar-refractivity contribution < 1.29 is 19.0 Å². The lowest BCUT2D eigenvalue weighted by Crippen LogP contribution is -1.88. The zero-order valence-corrected chi connectivity index (χ0v) is 12.4. The van der Waals surface area contributed by atoms with E-state index >= 15 is 0 Å². The van der Waals surface area contributed by atoms with Crippen molar-refractivity contribution in [3.05, 3.63) is 53.8 Å². The monoisotopic (exact) mass is 296 g/mol. The summed E-state index contributed by atoms with van der Waals surface area (Å²) in [5.41, 5.74) is 2.44. The van der Waals surface area contributed by atoms with Gasteiger partial charge >= 0.3 is 0 Å². The Kier molecular flexibility index (Phi) is 3.74. The molecule has 0 amide bonds. The van der Waals surface area contributed by atoms with Gasteiger partial charge in [0.2, 0.25) is 0 Å². The van der Waals surface area contributed by atoms with Crippen LogP contribution in [0.4, 0.5) is 0 Å². The Morgan fingerprint density at radius 3 is 2.18 bits per heavy atom. The molecule has 0 atom stereocenters. The Balaban J connectivity index is 1.95. The number of hydrogen-bond acceptors (Lipinski definition) is 4. The number of hydrogen-bond donors (Lipinski definition) is 1. The molecular formula is C18H16O4. The quantitative estimate of drug-likeness (QED) is 0.728. The van der Waals surface area contributed by atoms with E-state index in [1.165, 1.54) is 0 Å². The van der Waals surface area contributed by atoms with Gasteiger partial charge in [0.1, 0.15) is 22.8 Å². The first kappa shape index (κ1) is 14.1. The average Bonchev–Trinajstić information content (AvgIpc) is 3.01. The van der Waals surface area contributed by atoms with Crippen LogP contribution in [0.1, 0.15) is 11.1 Å². The summed E-state index contributed by atoms with van der Waals surface area (Å²) in [4.78, 5) is 0. The van der Waals surface area contributed by atoms with Crippen LogP contribution in [0.5, 0.6) is 17.2 Å². The first-order valence-electron chi connectivity index (χ1n) is 6.81. The zero-order valence-electron chi connectivity index (χ0n) is 12.4. The highest BCUT2D eigenvalue weighted by Gasteiger charge is 2.04. The van der Waals surface area contributed by atoms with Gasteiger partial charge in [-0.05, 0) is 41.5 Å². The fourth-order valence-corrected chi connectivity index (χ4v) is 2.29. The van der Waals surface area contributed by atoms with E-state index in [1.807, 2.05) is 36.4 Å². The van der Waals surface area contributed by atoms with E-state index < -0.39 is 0 Å². The van der Waals surface area contributed by atoms with E-state index in [0.717, 1.165) is 22.6 Å². The van der Waals surface area contributed by atoms with Gasteiger partial charge in [0.25, 0.3) is 0 Å². The van der Waals surface area contributed by atoms with Crippen LogP contribution in [0, 0.1) is 0 Å². The lowest BCUT2D eigenvalue weighted by atomic mass is 10.1. The molecular weight excluding hydrogens is 280 g/mol. The summed E-state index contributed by atoms with van der Waals surface area (Å²) >= 11 is 0. The van der Waals surface area contributed by atoms with Crippen molar-refractivity contribution in [3.63, 3.8) is 0 Å². The fourth-order valence-electron chi connectivity index (χ4n) is 2.29. The smallest absolute Gasteiger partial charge is 0.138 e. The van der Waals surface area contributed by atoms with Gasteiger partial charge in [-0.25, -0.2) is 0 Å². The Morgan fingerprint density at radius 2 is 1.55 bits per heavy atom. The predicted molar refractivity (Wildman–Crippen MR) is 86.4 cm³/mol. The molecule has 0 saturated carbocycles. The zero-order chi connectivity index (χ0) is 15.5. The number of phenols is 1. The molecule has 0 aliphatic carbocycles. The Hall–Kier alpha value is -2.88. The lowest BCUT2D eigenvalue weighted by molar-refractivity contribution is 0.394. The number of methoxy groups -OCH3 is 2. The number of furan rings is 1. The lowest BCUT2D eigenvalue weighted by Gasteiger charge is -2.05. The standard InChI is InChI=1S/C18H16O4/c1-20-14-7-12(8-15(11-14)21-2)3-4-13-9-17(19)16-5-6-22-18(16)10-13/h3-11,19H,1-2H3/b4-3+. The number of aromatic hydroxyl groups is 1. The molecule has 0 spiro atoms. The second-order valence-electron chi connectivity index (χ2n) is 4.85. The maximum atomic E-state index is 9.97. The highest BCUT2D eigenvalue weighted by molar-refractivity contribution is 5.87. The predicted octanol–water partition coefficient (Wildman–Crippen LogP) is 4.33. The van der Waals surface area contributed by atoms with E-state index in [2.05, 4.69) is 0 Å². The molecule has 1 N–H and O–H groups in total. The first-order valence-corrected chi connectivity index (χ1v) is 6.81. The molecule has 1 heterocycles. The molecule has 0 radical (unpaired) electrons. The molecule has 0 aliphatic rings. The third kappa shape index (κ3) is 2.76. The van der Waals surface area contributed by atoms with Crippen LogP contribution in [0.3, 0.4) is 0 Å². The van der Waals surface area contributed by atoms with Crippen LogP contribution < -0.4 is 9.47 Å². The maximum Gasteiger partial charge on any atom is 0.138 e. The first-order chi connectivity index (χ1) is 10.7. The van der Waals surface area contributed by atoms with Gasteiger partial charge in [0, 0.05) is 6.07 Å². The number of phenolic OH excluding ortho intramolecular Hbond substituents is 1. The Morgan fingerprint density at radius 1 is 0.909 bits per heavy atom. The Bertz CT molecular complexity index is 808. The van der Waals surface area contributed by atoms with E-state index in [0.29, 0.717) is 11.0 Å². The van der Waals surface area contributed by atoms with Crippen molar-refractivity contribution in [2.24, 2.45) is 0 Å². The van der Waals surface area contributed by atoms with Crippen LogP contribution in [-0.2, 0) is 0 Å². The van der Waals surface area contributed by atoms with Crippen molar-refractivity contribution in [1.82, 2.24) is 0 Å². The summed E-state index contributed by atoms with van der Waals surface area (Å²) in [5.74, 6) is 1.65. The average molecular weight is 296 g/mol. The van der Waals surface area contributed by atoms with E-state index in [4.69, 9.17) is 13.9 Å². The molecule has 0 fully saturated rings. The molecule has 3 aromatic rings. The molecule has 1 aromatic heterocycles. The molecule has 0 saturated heterocycles. The minimum atomic E-state index is 0.203. The second-order valence-corrected chi connectivity index (χ2v) is 4.85. The number of benzene rings is 2. The highest BCUT2D eigenvalue weighted by atomic mass is 16.5. The van der Waals surface area contributed by atoms with Crippen LogP contribution in [-0.4, -0.2) is 19.3 Å². The summed E-state index contributed by atoms with van der Waals surface area (Å²) < 4.78 is 15.8. The summed E-state index contributed by atoms with van der Waals surface area (Å²) in [6.45, 7) is 0. The van der Waals surface area contributed by atoms with Crippen LogP contribution in [0.15, 0.2) is 47.1 Å². The molecule has 4 nitrogen and oxygen atoms in total. The molecule has 0 aliphatic heterocycles. The third-order valence-electron chi connectivity index (χ3n) is 3.41. The molecule has 112 valence electrons. The van der Waals surface area contributed by atoms with Crippen molar-refractivity contribution in [1.29, 1.82) is 0 Å². The van der Waals surface area contributed by atoms with Crippen molar-refractivity contribution >= 4 is 23.1 Å². The van der Waals surface area contributed by atoms with Crippen molar-refractivity contribution in [2.75, 3.05) is 14.2 Å². The normalized spacial score (nSPS) is 11.2. The van der Waals surface area contributed by atoms with Gasteiger partial charge in [0.15, 0.2) is 0 Å². The van der Waals surface area contributed by atoms with Gasteiger partial charge in [0.05, 0.1) is 25.9 Å². The molecule has 2 aromatic carbocycles. The highest BCUT2D eigenvalue weighted by Crippen LogP contribution is 2.29. The largest absolute Gasteiger partial charge is 0.507 e. The SMILES string of the molecule is COc1cc(/C=C/c2cc(O)c3ccoc3c2)cc(OC)c1. The molecule has 0 bridgehead atoms. The summed E-state index contributed by atoms with van der Waals surface area (Å²) in [6.07, 6.45) is 5.38. The van der Waals surface area contributed by atoms with Crippen molar-refractivity contribution in [3.8, 4) is 17.2 Å². The summed E-state index contributed by atoms with van der Waals surface area (Å²) in [5, 5.41) is 10.7. The number of fused-ring (bicyclic) bond motifs is 1. The van der Waals surface area contributed by atoms with Crippen LogP contribution in [0.25, 0.3) is 23.1 Å². The minimum absolute atomic E-state index is 0.203. The Labute approximate surface area is 128 Å². The van der Waals surface area contributed by atoms with Gasteiger partial charge in [-0.15, -0.1) is 0 Å². The fraction of sp³-hybridized carbons (Fsp3) is 0.111. The maximum absolute atomic E-state index is 9.97. The molecule has 3 rings (SSSR count). The van der Waals surface area contributed by atoms with Gasteiger partial charge in [-0.1, -0.05) is 12.2 Å². The van der Waals surface area contributed by atoms with Gasteiger partial charge in [-0.3, -0.25) is 0 Å². The third-order valence-corrected chi connectivity index (χ3v) is 3.41. The number of rotatable bonds is 4. The van der Waals surface area contributed by atoms with Crippen LogP contribution >= 0.6 is 0 Å². The molecule has 4 heteroatoms. The van der Waals surface area contributed by atoms with E-state index in [-0.39, 0.29) is 5.75 Å². The minimum Gasteiger partial charge on any atom is -0.507 e. The van der Waals surface area contributed by atoms with Gasteiger partial charge < -0.3 is 19.0 Å². The summed E-state index contributed by atoms with van der Waals surface area (Å²) in [6, 6.07) is 11.0. The number of ether oxygens (including phenoxy) is 2. The van der Waals surface area contributed by atoms with E-state index in [9.17, 15) is 5.11 Å². The summed E-state index contributed by atoms with van der Waals surface area (Å²) in [7, 11) is 3.23. The van der Waals surface area contributed by atoms with E-state index in [1.54, 1.807) is 32.6 Å². The van der Waals surface area contributed by atoms with Gasteiger partial charge in [-0.2, -0.15) is 0 Å². The second kappa shape index (κ2) is 5.85. The topological polar surface area (TPSA) is 51.8 Å². The molecule has 22 heavy (non-hydrogen) atoms. The van der Waals surface area contributed by atoms with Crippen LogP contribution in [0.2, 0.25) is 0 Å². The molecule has 0 unspecified atom stereocenters. The van der Waals surface area contributed by atoms with Crippen molar-refractivity contribution in [2.45, 2.75) is 0 Å².